The molecule has 0 aliphatic heterocycles. The quantitative estimate of drug-likeness (QED) is 0.787. The summed E-state index contributed by atoms with van der Waals surface area (Å²) < 4.78 is 4.59. The molecule has 2 aromatic rings. The number of esters is 1. The predicted octanol–water partition coefficient (Wildman–Crippen LogP) is 3.90. The monoisotopic (exact) mass is 287 g/mol. The van der Waals surface area contributed by atoms with E-state index in [9.17, 15) is 4.79 Å². The van der Waals surface area contributed by atoms with Gasteiger partial charge in [-0.25, -0.2) is 9.78 Å². The number of halogens is 2. The molecule has 3 nitrogen and oxygen atoms in total. The molecule has 0 saturated heterocycles. The van der Waals surface area contributed by atoms with Crippen LogP contribution in [0.4, 0.5) is 0 Å². The van der Waals surface area contributed by atoms with E-state index in [1.165, 1.54) is 18.4 Å². The summed E-state index contributed by atoms with van der Waals surface area (Å²) in [6, 6.07) is 5.13. The lowest BCUT2D eigenvalue weighted by atomic mass is 10.2. The van der Waals surface area contributed by atoms with Crippen LogP contribution in [-0.2, 0) is 4.74 Å². The Morgan fingerprint density at radius 2 is 1.94 bits per heavy atom. The molecule has 0 aliphatic rings. The lowest BCUT2D eigenvalue weighted by molar-refractivity contribution is 0.0595. The minimum Gasteiger partial charge on any atom is -0.464 e. The Bertz CT molecular complexity index is 548. The van der Waals surface area contributed by atoms with E-state index in [1.54, 1.807) is 23.6 Å². The van der Waals surface area contributed by atoms with Crippen molar-refractivity contribution >= 4 is 40.5 Å². The SMILES string of the molecule is COC(=O)c1csc(-c2cc(Cl)cc(Cl)c2)n1. The fourth-order valence-electron chi connectivity index (χ4n) is 1.28. The average molecular weight is 288 g/mol. The highest BCUT2D eigenvalue weighted by Crippen LogP contribution is 2.29. The molecule has 0 aliphatic carbocycles. The van der Waals surface area contributed by atoms with Crippen LogP contribution in [0.25, 0.3) is 10.6 Å². The highest BCUT2D eigenvalue weighted by Gasteiger charge is 2.12. The second kappa shape index (κ2) is 5.04. The number of hydrogen-bond acceptors (Lipinski definition) is 4. The van der Waals surface area contributed by atoms with Gasteiger partial charge in [0.1, 0.15) is 5.01 Å². The summed E-state index contributed by atoms with van der Waals surface area (Å²) in [7, 11) is 1.32. The number of carbonyl (C=O) groups is 1. The van der Waals surface area contributed by atoms with E-state index in [1.807, 2.05) is 0 Å². The van der Waals surface area contributed by atoms with Gasteiger partial charge < -0.3 is 4.74 Å². The van der Waals surface area contributed by atoms with Crippen molar-refractivity contribution in [2.75, 3.05) is 7.11 Å². The first-order valence-electron chi connectivity index (χ1n) is 4.60. The van der Waals surface area contributed by atoms with Crippen LogP contribution >= 0.6 is 34.5 Å². The Morgan fingerprint density at radius 3 is 2.53 bits per heavy atom. The van der Waals surface area contributed by atoms with E-state index in [4.69, 9.17) is 23.2 Å². The van der Waals surface area contributed by atoms with Crippen molar-refractivity contribution in [2.24, 2.45) is 0 Å². The first-order chi connectivity index (χ1) is 8.10. The molecule has 0 fully saturated rings. The van der Waals surface area contributed by atoms with Crippen molar-refractivity contribution in [2.45, 2.75) is 0 Å². The van der Waals surface area contributed by atoms with Crippen LogP contribution in [-0.4, -0.2) is 18.1 Å². The number of nitrogens with zero attached hydrogens (tertiary/aromatic N) is 1. The summed E-state index contributed by atoms with van der Waals surface area (Å²) in [5.41, 5.74) is 1.06. The molecular formula is C11H7Cl2NO2S. The van der Waals surface area contributed by atoms with E-state index < -0.39 is 5.97 Å². The molecule has 1 aromatic heterocycles. The summed E-state index contributed by atoms with van der Waals surface area (Å²) in [5, 5.41) is 3.37. The topological polar surface area (TPSA) is 39.2 Å². The smallest absolute Gasteiger partial charge is 0.357 e. The fraction of sp³-hybridized carbons (Fsp3) is 0.0909. The lowest BCUT2D eigenvalue weighted by Gasteiger charge is -1.98. The van der Waals surface area contributed by atoms with Crippen LogP contribution in [0.5, 0.6) is 0 Å². The van der Waals surface area contributed by atoms with Crippen LogP contribution in [0.3, 0.4) is 0 Å². The molecule has 17 heavy (non-hydrogen) atoms. The molecule has 0 amide bonds. The third kappa shape index (κ3) is 2.77. The predicted molar refractivity (Wildman–Crippen MR) is 68.9 cm³/mol. The summed E-state index contributed by atoms with van der Waals surface area (Å²) in [5.74, 6) is -0.458. The zero-order valence-electron chi connectivity index (χ0n) is 8.74. The van der Waals surface area contributed by atoms with Crippen molar-refractivity contribution in [1.29, 1.82) is 0 Å². The van der Waals surface area contributed by atoms with E-state index in [0.29, 0.717) is 15.1 Å². The van der Waals surface area contributed by atoms with Gasteiger partial charge in [0.05, 0.1) is 7.11 Å². The molecule has 1 heterocycles. The van der Waals surface area contributed by atoms with Crippen LogP contribution in [0.2, 0.25) is 10.0 Å². The Morgan fingerprint density at radius 1 is 1.29 bits per heavy atom. The first-order valence-corrected chi connectivity index (χ1v) is 6.24. The van der Waals surface area contributed by atoms with Crippen molar-refractivity contribution < 1.29 is 9.53 Å². The largest absolute Gasteiger partial charge is 0.464 e. The van der Waals surface area contributed by atoms with Gasteiger partial charge in [-0.3, -0.25) is 0 Å². The summed E-state index contributed by atoms with van der Waals surface area (Å²) in [6.07, 6.45) is 0. The number of ether oxygens (including phenoxy) is 1. The van der Waals surface area contributed by atoms with Crippen molar-refractivity contribution in [3.63, 3.8) is 0 Å². The van der Waals surface area contributed by atoms with Gasteiger partial charge in [0, 0.05) is 21.0 Å². The molecule has 1 aromatic carbocycles. The van der Waals surface area contributed by atoms with Crippen LogP contribution < -0.4 is 0 Å². The molecule has 0 atom stereocenters. The molecule has 6 heteroatoms. The zero-order chi connectivity index (χ0) is 12.4. The minimum absolute atomic E-state index is 0.281. The van der Waals surface area contributed by atoms with Gasteiger partial charge >= 0.3 is 5.97 Å². The van der Waals surface area contributed by atoms with Crippen molar-refractivity contribution in [3.8, 4) is 10.6 Å². The highest BCUT2D eigenvalue weighted by molar-refractivity contribution is 7.13. The molecule has 0 bridgehead atoms. The Balaban J connectivity index is 2.40. The Labute approximate surface area is 112 Å². The van der Waals surface area contributed by atoms with Gasteiger partial charge in [-0.1, -0.05) is 23.2 Å². The maximum Gasteiger partial charge on any atom is 0.357 e. The Hall–Kier alpha value is -1.10. The van der Waals surface area contributed by atoms with Gasteiger partial charge in [0.25, 0.3) is 0 Å². The minimum atomic E-state index is -0.458. The van der Waals surface area contributed by atoms with Crippen molar-refractivity contribution in [3.05, 3.63) is 39.3 Å². The van der Waals surface area contributed by atoms with Crippen LogP contribution in [0, 0.1) is 0 Å². The van der Waals surface area contributed by atoms with Gasteiger partial charge in [-0.15, -0.1) is 11.3 Å². The van der Waals surface area contributed by atoms with E-state index in [-0.39, 0.29) is 5.69 Å². The highest BCUT2D eigenvalue weighted by atomic mass is 35.5. The van der Waals surface area contributed by atoms with Crippen LogP contribution in [0.15, 0.2) is 23.6 Å². The third-order valence-corrected chi connectivity index (χ3v) is 3.34. The number of benzene rings is 1. The Kier molecular flexibility index (Phi) is 3.66. The third-order valence-electron chi connectivity index (χ3n) is 2.01. The molecule has 0 saturated carbocycles. The number of rotatable bonds is 2. The molecule has 2 rings (SSSR count). The van der Waals surface area contributed by atoms with Crippen LogP contribution in [0.1, 0.15) is 10.5 Å². The molecule has 0 spiro atoms. The number of thiazole rings is 1. The fourth-order valence-corrected chi connectivity index (χ4v) is 2.59. The van der Waals surface area contributed by atoms with Gasteiger partial charge in [0.15, 0.2) is 5.69 Å². The van der Waals surface area contributed by atoms with Gasteiger partial charge in [-0.2, -0.15) is 0 Å². The second-order valence-electron chi connectivity index (χ2n) is 3.19. The number of hydrogen-bond donors (Lipinski definition) is 0. The first kappa shape index (κ1) is 12.4. The maximum atomic E-state index is 11.3. The van der Waals surface area contributed by atoms with E-state index in [2.05, 4.69) is 9.72 Å². The molecule has 0 N–H and O–H groups in total. The second-order valence-corrected chi connectivity index (χ2v) is 4.92. The summed E-state index contributed by atoms with van der Waals surface area (Å²) in [6.45, 7) is 0. The van der Waals surface area contributed by atoms with Gasteiger partial charge in [0.2, 0.25) is 0 Å². The molecule has 0 unspecified atom stereocenters. The number of carbonyl (C=O) groups excluding carboxylic acids is 1. The molecule has 0 radical (unpaired) electrons. The van der Waals surface area contributed by atoms with Crippen molar-refractivity contribution in [1.82, 2.24) is 4.98 Å². The zero-order valence-corrected chi connectivity index (χ0v) is 11.1. The average Bonchev–Trinajstić information content (AvgIpc) is 2.76. The van der Waals surface area contributed by atoms with Gasteiger partial charge in [-0.05, 0) is 18.2 Å². The normalized spacial score (nSPS) is 10.3. The number of aromatic nitrogens is 1. The van der Waals surface area contributed by atoms with E-state index in [0.717, 1.165) is 5.56 Å². The molecule has 88 valence electrons. The summed E-state index contributed by atoms with van der Waals surface area (Å²) in [4.78, 5) is 15.4. The lowest BCUT2D eigenvalue weighted by Crippen LogP contribution is -2.00. The maximum absolute atomic E-state index is 11.3. The number of methoxy groups -OCH3 is 1. The van der Waals surface area contributed by atoms with E-state index >= 15 is 0 Å². The standard InChI is InChI=1S/C11H7Cl2NO2S/c1-16-11(15)9-5-17-10(14-9)6-2-7(12)4-8(13)3-6/h2-5H,1H3. The summed E-state index contributed by atoms with van der Waals surface area (Å²) >= 11 is 13.1. The molecular weight excluding hydrogens is 281 g/mol.